The molecule has 0 saturated heterocycles. The third kappa shape index (κ3) is 5.23. The first-order valence-corrected chi connectivity index (χ1v) is 9.89. The van der Waals surface area contributed by atoms with Crippen LogP contribution in [-0.4, -0.2) is 28.8 Å². The van der Waals surface area contributed by atoms with E-state index in [9.17, 15) is 9.59 Å². The highest BCUT2D eigenvalue weighted by atomic mass is 16.5. The molecule has 4 rings (SSSR count). The van der Waals surface area contributed by atoms with Gasteiger partial charge >= 0.3 is 5.97 Å². The molecule has 1 N–H and O–H groups in total. The maximum Gasteiger partial charge on any atom is 0.337 e. The maximum absolute atomic E-state index is 12.5. The van der Waals surface area contributed by atoms with Gasteiger partial charge in [0.2, 0.25) is 0 Å². The van der Waals surface area contributed by atoms with Gasteiger partial charge in [0.1, 0.15) is 18.1 Å². The van der Waals surface area contributed by atoms with E-state index in [4.69, 9.17) is 9.15 Å². The Hall–Kier alpha value is -4.33. The van der Waals surface area contributed by atoms with E-state index >= 15 is 0 Å². The van der Waals surface area contributed by atoms with Gasteiger partial charge in [-0.05, 0) is 42.0 Å². The topological polar surface area (TPSA) is 95.6 Å². The second-order valence-electron chi connectivity index (χ2n) is 6.91. The normalized spacial score (nSPS) is 10.5. The molecule has 32 heavy (non-hydrogen) atoms. The van der Waals surface area contributed by atoms with Crippen molar-refractivity contribution in [3.63, 3.8) is 0 Å². The highest BCUT2D eigenvalue weighted by Crippen LogP contribution is 2.17. The van der Waals surface area contributed by atoms with E-state index in [2.05, 4.69) is 15.2 Å². The number of aromatic nitrogens is 2. The quantitative estimate of drug-likeness (QED) is 0.421. The second kappa shape index (κ2) is 9.65. The van der Waals surface area contributed by atoms with E-state index in [0.717, 1.165) is 5.56 Å². The van der Waals surface area contributed by atoms with Crippen LogP contribution in [0.15, 0.2) is 83.4 Å². The van der Waals surface area contributed by atoms with Crippen molar-refractivity contribution in [1.82, 2.24) is 9.78 Å². The molecule has 0 atom stereocenters. The van der Waals surface area contributed by atoms with E-state index in [-0.39, 0.29) is 12.4 Å². The number of carbonyl (C=O) groups is 2. The van der Waals surface area contributed by atoms with Crippen molar-refractivity contribution in [2.75, 3.05) is 12.4 Å². The summed E-state index contributed by atoms with van der Waals surface area (Å²) in [7, 11) is 1.33. The van der Waals surface area contributed by atoms with Crippen LogP contribution >= 0.6 is 0 Å². The van der Waals surface area contributed by atoms with Gasteiger partial charge in [-0.2, -0.15) is 5.10 Å². The minimum Gasteiger partial charge on any atom is -0.486 e. The fourth-order valence-electron chi connectivity index (χ4n) is 3.00. The van der Waals surface area contributed by atoms with Gasteiger partial charge in [0.25, 0.3) is 5.91 Å². The summed E-state index contributed by atoms with van der Waals surface area (Å²) < 4.78 is 17.6. The van der Waals surface area contributed by atoms with Gasteiger partial charge < -0.3 is 19.2 Å². The third-order valence-electron chi connectivity index (χ3n) is 4.61. The van der Waals surface area contributed by atoms with Gasteiger partial charge in [0, 0.05) is 12.3 Å². The summed E-state index contributed by atoms with van der Waals surface area (Å²) in [6, 6.07) is 21.4. The molecule has 0 radical (unpaired) electrons. The van der Waals surface area contributed by atoms with Crippen molar-refractivity contribution >= 4 is 17.7 Å². The number of ether oxygens (including phenoxy) is 2. The van der Waals surface area contributed by atoms with Crippen LogP contribution in [0.25, 0.3) is 0 Å². The average Bonchev–Trinajstić information content (AvgIpc) is 3.48. The lowest BCUT2D eigenvalue weighted by Crippen LogP contribution is -2.12. The van der Waals surface area contributed by atoms with Crippen molar-refractivity contribution in [2.24, 2.45) is 0 Å². The molecule has 2 aromatic heterocycles. The van der Waals surface area contributed by atoms with E-state index in [0.29, 0.717) is 29.4 Å². The molecule has 8 heteroatoms. The molecule has 162 valence electrons. The van der Waals surface area contributed by atoms with Crippen molar-refractivity contribution < 1.29 is 23.5 Å². The van der Waals surface area contributed by atoms with E-state index in [1.807, 2.05) is 30.3 Å². The van der Waals surface area contributed by atoms with Gasteiger partial charge in [0.05, 0.1) is 19.2 Å². The van der Waals surface area contributed by atoms with Gasteiger partial charge in [-0.3, -0.25) is 9.48 Å². The summed E-state index contributed by atoms with van der Waals surface area (Å²) in [5, 5.41) is 7.09. The predicted molar refractivity (Wildman–Crippen MR) is 117 cm³/mol. The fraction of sp³-hybridized carbons (Fsp3) is 0.125. The number of nitrogens with zero attached hydrogens (tertiary/aromatic N) is 2. The summed E-state index contributed by atoms with van der Waals surface area (Å²) in [6.07, 6.45) is 1.80. The van der Waals surface area contributed by atoms with Crippen LogP contribution in [0.3, 0.4) is 0 Å². The van der Waals surface area contributed by atoms with Crippen LogP contribution in [0.5, 0.6) is 5.75 Å². The molecule has 0 unspecified atom stereocenters. The van der Waals surface area contributed by atoms with Crippen molar-refractivity contribution in [3.8, 4) is 5.75 Å². The summed E-state index contributed by atoms with van der Waals surface area (Å²) in [4.78, 5) is 23.9. The number of esters is 1. The molecule has 0 aliphatic carbocycles. The molecule has 4 aromatic rings. The highest BCUT2D eigenvalue weighted by Gasteiger charge is 2.13. The lowest BCUT2D eigenvalue weighted by molar-refractivity contribution is 0.0600. The van der Waals surface area contributed by atoms with Crippen LogP contribution in [0.2, 0.25) is 0 Å². The van der Waals surface area contributed by atoms with Crippen LogP contribution in [-0.2, 0) is 17.9 Å². The van der Waals surface area contributed by atoms with Gasteiger partial charge in [-0.25, -0.2) is 4.79 Å². The number of furan rings is 1. The Morgan fingerprint density at radius 2 is 1.78 bits per heavy atom. The molecular weight excluding hydrogens is 410 g/mol. The minimum absolute atomic E-state index is 0.135. The summed E-state index contributed by atoms with van der Waals surface area (Å²) in [5.41, 5.74) is 1.55. The summed E-state index contributed by atoms with van der Waals surface area (Å²) in [5.74, 6) is 0.825. The summed E-state index contributed by atoms with van der Waals surface area (Å²) >= 11 is 0. The number of rotatable bonds is 8. The standard InChI is InChI=1S/C24H21N3O5/c1-30-24(29)18-7-9-19(10-8-18)31-16-20-11-12-21(32-20)23(28)25-22-13-14-27(26-22)15-17-5-3-2-4-6-17/h2-14H,15-16H2,1H3,(H,25,26,28). The van der Waals surface area contributed by atoms with Gasteiger partial charge in [-0.1, -0.05) is 30.3 Å². The number of methoxy groups -OCH3 is 1. The van der Waals surface area contributed by atoms with Crippen molar-refractivity contribution in [2.45, 2.75) is 13.2 Å². The fourth-order valence-corrected chi connectivity index (χ4v) is 3.00. The number of nitrogens with one attached hydrogen (secondary N) is 1. The Bertz CT molecular complexity index is 1200. The zero-order valence-electron chi connectivity index (χ0n) is 17.4. The lowest BCUT2D eigenvalue weighted by Gasteiger charge is -2.05. The first-order valence-electron chi connectivity index (χ1n) is 9.89. The molecule has 0 spiro atoms. The smallest absolute Gasteiger partial charge is 0.337 e. The largest absolute Gasteiger partial charge is 0.486 e. The maximum atomic E-state index is 12.5. The molecule has 0 aliphatic rings. The minimum atomic E-state index is -0.414. The molecule has 0 fully saturated rings. The molecular formula is C24H21N3O5. The number of anilines is 1. The highest BCUT2D eigenvalue weighted by molar-refractivity contribution is 6.01. The number of carbonyl (C=O) groups excluding carboxylic acids is 2. The Kier molecular flexibility index (Phi) is 6.31. The molecule has 2 aromatic carbocycles. The predicted octanol–water partition coefficient (Wildman–Crippen LogP) is 4.14. The number of benzene rings is 2. The zero-order chi connectivity index (χ0) is 22.3. The molecule has 2 heterocycles. The van der Waals surface area contributed by atoms with Crippen LogP contribution in [0.4, 0.5) is 5.82 Å². The molecule has 0 aliphatic heterocycles. The zero-order valence-corrected chi connectivity index (χ0v) is 17.4. The average molecular weight is 431 g/mol. The van der Waals surface area contributed by atoms with E-state index in [1.165, 1.54) is 7.11 Å². The lowest BCUT2D eigenvalue weighted by atomic mass is 10.2. The first-order chi connectivity index (χ1) is 15.6. The van der Waals surface area contributed by atoms with E-state index in [1.54, 1.807) is 53.3 Å². The number of amides is 1. The Balaban J connectivity index is 1.30. The number of hydrogen-bond acceptors (Lipinski definition) is 6. The first kappa shape index (κ1) is 20.9. The molecule has 8 nitrogen and oxygen atoms in total. The summed E-state index contributed by atoms with van der Waals surface area (Å²) in [6.45, 7) is 0.746. The molecule has 0 saturated carbocycles. The molecule has 0 bridgehead atoms. The molecule has 1 amide bonds. The van der Waals surface area contributed by atoms with Crippen molar-refractivity contribution in [3.05, 3.63) is 102 Å². The second-order valence-corrected chi connectivity index (χ2v) is 6.91. The third-order valence-corrected chi connectivity index (χ3v) is 4.61. The Morgan fingerprint density at radius 1 is 1.00 bits per heavy atom. The Labute approximate surface area is 184 Å². The number of hydrogen-bond donors (Lipinski definition) is 1. The van der Waals surface area contributed by atoms with Crippen LogP contribution in [0, 0.1) is 0 Å². The van der Waals surface area contributed by atoms with Crippen molar-refractivity contribution in [1.29, 1.82) is 0 Å². The van der Waals surface area contributed by atoms with E-state index < -0.39 is 11.9 Å². The Morgan fingerprint density at radius 3 is 2.53 bits per heavy atom. The van der Waals surface area contributed by atoms with Gasteiger partial charge in [-0.15, -0.1) is 0 Å². The monoisotopic (exact) mass is 431 g/mol. The SMILES string of the molecule is COC(=O)c1ccc(OCc2ccc(C(=O)Nc3ccn(Cc4ccccc4)n3)o2)cc1. The van der Waals surface area contributed by atoms with Crippen LogP contribution in [0.1, 0.15) is 32.2 Å². The van der Waals surface area contributed by atoms with Crippen LogP contribution < -0.4 is 10.1 Å². The van der Waals surface area contributed by atoms with Gasteiger partial charge in [0.15, 0.2) is 11.6 Å².